The Balaban J connectivity index is 1.59. The molecule has 0 aromatic heterocycles. The number of esters is 2. The number of benzene rings is 2. The van der Waals surface area contributed by atoms with Gasteiger partial charge in [0, 0.05) is 30.2 Å². The molecule has 6 atom stereocenters. The molecule has 2 N–H and O–H groups in total. The maximum atomic E-state index is 13.7. The van der Waals surface area contributed by atoms with Crippen molar-refractivity contribution in [3.05, 3.63) is 86.8 Å². The van der Waals surface area contributed by atoms with Crippen LogP contribution in [0.5, 0.6) is 5.75 Å². The smallest absolute Gasteiger partial charge is 0.347 e. The number of hydrogen-bond acceptors (Lipinski definition) is 9. The fourth-order valence-corrected chi connectivity index (χ4v) is 6.03. The highest BCUT2D eigenvalue weighted by molar-refractivity contribution is 6.32. The minimum absolute atomic E-state index is 0.00610. The average Bonchev–Trinajstić information content (AvgIpc) is 3.89. The molecule has 2 aliphatic rings. The Morgan fingerprint density at radius 1 is 1.06 bits per heavy atom. The molecule has 2 aromatic carbocycles. The zero-order valence-corrected chi connectivity index (χ0v) is 30.5. The second-order valence-electron chi connectivity index (χ2n) is 14.0. The minimum atomic E-state index is -1.22. The molecule has 0 unspecified atom stereocenters. The number of nitrogens with zero attached hydrogens (tertiary/aromatic N) is 3. The maximum absolute atomic E-state index is 13.7. The van der Waals surface area contributed by atoms with Gasteiger partial charge in [0.25, 0.3) is 0 Å². The Morgan fingerprint density at radius 3 is 2.41 bits per heavy atom. The molecule has 1 fully saturated rings. The topological polar surface area (TPSA) is 181 Å². The number of amides is 2. The lowest BCUT2D eigenvalue weighted by Gasteiger charge is -2.29. The summed E-state index contributed by atoms with van der Waals surface area (Å²) < 4.78 is 23.1. The second-order valence-corrected chi connectivity index (χ2v) is 14.4. The number of nitrogens with one attached hydrogen (secondary N) is 2. The summed E-state index contributed by atoms with van der Waals surface area (Å²) in [4.78, 5) is 56.6. The van der Waals surface area contributed by atoms with Gasteiger partial charge in [-0.15, -0.1) is 0 Å². The SMILES string of the molecule is COc1ccc(C[C@H]2NC(=O)/C=C\C[C@@H]([C@H](C)[C@H]3O[C@@H]3c3ccc(CN=[N+]=[N-])cc3)OC(=O)[C@H](CC(C)C)OC(=O)C(C)(C)CNC2=O)cc1Cl. The number of ether oxygens (including phenoxy) is 4. The molecule has 0 bridgehead atoms. The van der Waals surface area contributed by atoms with Gasteiger partial charge in [-0.05, 0) is 66.6 Å². The standard InChI is InChI=1S/C37H46ClN5O8/c1-21(2)16-30-35(46)49-28(22(3)32-33(51-32)25-13-10-23(11-14-25)19-41-43-39)8-7-9-31(44)42-27(18-24-12-15-29(48-6)26(38)17-24)34(45)40-20-37(4,5)36(47)50-30/h7,9-15,17,21-22,27-28,30,32-33H,8,16,18-20H2,1-6H3,(H,40,45)(H,42,44)/b9-7-/t22-,27+,28-,30-,32+,33+/m0/s1. The lowest BCUT2D eigenvalue weighted by molar-refractivity contribution is -0.179. The average molecular weight is 724 g/mol. The molecule has 1 saturated heterocycles. The van der Waals surface area contributed by atoms with Crippen LogP contribution in [0.4, 0.5) is 0 Å². The van der Waals surface area contributed by atoms with Crippen molar-refractivity contribution in [2.45, 2.75) is 90.9 Å². The first-order valence-corrected chi connectivity index (χ1v) is 17.3. The normalized spacial score (nSPS) is 25.4. The molecule has 4 rings (SSSR count). The van der Waals surface area contributed by atoms with Crippen LogP contribution in [-0.2, 0) is 46.4 Å². The zero-order chi connectivity index (χ0) is 37.3. The van der Waals surface area contributed by atoms with Crippen LogP contribution in [0.3, 0.4) is 0 Å². The maximum Gasteiger partial charge on any atom is 0.347 e. The largest absolute Gasteiger partial charge is 0.495 e. The van der Waals surface area contributed by atoms with Gasteiger partial charge < -0.3 is 29.6 Å². The van der Waals surface area contributed by atoms with Crippen molar-refractivity contribution >= 4 is 35.4 Å². The molecule has 2 aliphatic heterocycles. The van der Waals surface area contributed by atoms with Gasteiger partial charge in [0.1, 0.15) is 24.0 Å². The van der Waals surface area contributed by atoms with E-state index in [1.165, 1.54) is 13.2 Å². The first-order chi connectivity index (χ1) is 24.2. The summed E-state index contributed by atoms with van der Waals surface area (Å²) in [6.07, 6.45) is 0.905. The summed E-state index contributed by atoms with van der Waals surface area (Å²) >= 11 is 6.33. The number of rotatable bonds is 10. The molecule has 0 spiro atoms. The van der Waals surface area contributed by atoms with Crippen molar-refractivity contribution in [3.8, 4) is 5.75 Å². The van der Waals surface area contributed by atoms with Gasteiger partial charge in [-0.1, -0.05) is 73.9 Å². The predicted octanol–water partition coefficient (Wildman–Crippen LogP) is 5.93. The predicted molar refractivity (Wildman–Crippen MR) is 189 cm³/mol. The van der Waals surface area contributed by atoms with E-state index in [2.05, 4.69) is 20.7 Å². The molecule has 2 amide bonds. The molecule has 14 heteroatoms. The van der Waals surface area contributed by atoms with Crippen LogP contribution in [0.1, 0.15) is 70.3 Å². The highest BCUT2D eigenvalue weighted by atomic mass is 35.5. The van der Waals surface area contributed by atoms with Crippen molar-refractivity contribution in [1.29, 1.82) is 0 Å². The van der Waals surface area contributed by atoms with Crippen LogP contribution in [0.15, 0.2) is 59.7 Å². The molecular weight excluding hydrogens is 678 g/mol. The summed E-state index contributed by atoms with van der Waals surface area (Å²) in [5.41, 5.74) is 9.84. The number of carbonyl (C=O) groups is 4. The van der Waals surface area contributed by atoms with Crippen molar-refractivity contribution in [2.24, 2.45) is 22.4 Å². The van der Waals surface area contributed by atoms with Crippen molar-refractivity contribution in [3.63, 3.8) is 0 Å². The number of cyclic esters (lactones) is 2. The van der Waals surface area contributed by atoms with Gasteiger partial charge >= 0.3 is 11.9 Å². The van der Waals surface area contributed by atoms with Gasteiger partial charge in [0.2, 0.25) is 11.8 Å². The minimum Gasteiger partial charge on any atom is -0.495 e. The summed E-state index contributed by atoms with van der Waals surface area (Å²) in [6.45, 7) is 9.04. The van der Waals surface area contributed by atoms with Crippen molar-refractivity contribution < 1.29 is 38.1 Å². The molecule has 51 heavy (non-hydrogen) atoms. The van der Waals surface area contributed by atoms with Crippen LogP contribution in [-0.4, -0.2) is 61.8 Å². The van der Waals surface area contributed by atoms with Crippen LogP contribution < -0.4 is 15.4 Å². The Bertz CT molecular complexity index is 1660. The molecule has 2 heterocycles. The number of hydrogen-bond donors (Lipinski definition) is 2. The van der Waals surface area contributed by atoms with Gasteiger partial charge in [-0.25, -0.2) is 4.79 Å². The van der Waals surface area contributed by atoms with Gasteiger partial charge in [0.15, 0.2) is 6.10 Å². The van der Waals surface area contributed by atoms with Crippen molar-refractivity contribution in [2.75, 3.05) is 13.7 Å². The van der Waals surface area contributed by atoms with E-state index in [1.807, 2.05) is 45.0 Å². The molecule has 2 aromatic rings. The van der Waals surface area contributed by atoms with E-state index in [-0.39, 0.29) is 56.4 Å². The van der Waals surface area contributed by atoms with E-state index in [9.17, 15) is 19.2 Å². The third-order valence-electron chi connectivity index (χ3n) is 8.90. The summed E-state index contributed by atoms with van der Waals surface area (Å²) in [5.74, 6) is -2.28. The van der Waals surface area contributed by atoms with Crippen LogP contribution in [0, 0.1) is 17.3 Å². The quantitative estimate of drug-likeness (QED) is 0.0994. The van der Waals surface area contributed by atoms with Crippen molar-refractivity contribution in [1.82, 2.24) is 10.6 Å². The number of azide groups is 1. The number of halogens is 1. The monoisotopic (exact) mass is 723 g/mol. The van der Waals surface area contributed by atoms with E-state index in [0.29, 0.717) is 16.3 Å². The second kappa shape index (κ2) is 17.6. The number of carbonyl (C=O) groups excluding carboxylic acids is 4. The summed E-state index contributed by atoms with van der Waals surface area (Å²) in [7, 11) is 1.50. The first kappa shape index (κ1) is 39.2. The van der Waals surface area contributed by atoms with Crippen LogP contribution in [0.2, 0.25) is 5.02 Å². The van der Waals surface area contributed by atoms with E-state index in [0.717, 1.165) is 11.1 Å². The van der Waals surface area contributed by atoms with E-state index in [1.54, 1.807) is 38.1 Å². The highest BCUT2D eigenvalue weighted by Crippen LogP contribution is 2.45. The Kier molecular flexibility index (Phi) is 13.5. The third kappa shape index (κ3) is 11.0. The van der Waals surface area contributed by atoms with Crippen LogP contribution in [0.25, 0.3) is 10.4 Å². The van der Waals surface area contributed by atoms with Gasteiger partial charge in [-0.2, -0.15) is 0 Å². The fraction of sp³-hybridized carbons (Fsp3) is 0.514. The molecule has 0 aliphatic carbocycles. The zero-order valence-electron chi connectivity index (χ0n) is 29.8. The molecular formula is C37H46ClN5O8. The van der Waals surface area contributed by atoms with E-state index >= 15 is 0 Å². The molecule has 13 nitrogen and oxygen atoms in total. The van der Waals surface area contributed by atoms with E-state index < -0.39 is 47.4 Å². The van der Waals surface area contributed by atoms with E-state index in [4.69, 9.17) is 36.1 Å². The molecule has 0 radical (unpaired) electrons. The first-order valence-electron chi connectivity index (χ1n) is 17.0. The number of methoxy groups -OCH3 is 1. The van der Waals surface area contributed by atoms with Crippen LogP contribution >= 0.6 is 11.6 Å². The van der Waals surface area contributed by atoms with Gasteiger partial charge in [-0.3, -0.25) is 14.4 Å². The number of epoxide rings is 1. The van der Waals surface area contributed by atoms with Gasteiger partial charge in [0.05, 0.1) is 30.2 Å². The third-order valence-corrected chi connectivity index (χ3v) is 9.20. The Hall–Kier alpha value is -4.58. The highest BCUT2D eigenvalue weighted by Gasteiger charge is 2.48. The summed E-state index contributed by atoms with van der Waals surface area (Å²) in [5, 5.41) is 9.47. The Morgan fingerprint density at radius 2 is 1.76 bits per heavy atom. The summed E-state index contributed by atoms with van der Waals surface area (Å²) in [6, 6.07) is 11.6. The Labute approximate surface area is 303 Å². The molecule has 274 valence electrons. The lowest BCUT2D eigenvalue weighted by atomic mass is 9.92. The molecule has 0 saturated carbocycles. The lowest BCUT2D eigenvalue weighted by Crippen LogP contribution is -2.51. The fourth-order valence-electron chi connectivity index (χ4n) is 5.75.